The molecule has 0 spiro atoms. The standard InChI is InChI=1S/C9H19N3O/c1-9(2,10)6-12-7-3-4-8(13)11-5-7/h7,12H,3-6,10H2,1-2H3,(H,11,13). The Labute approximate surface area is 79.3 Å². The molecule has 4 heteroatoms. The van der Waals surface area contributed by atoms with E-state index in [4.69, 9.17) is 5.73 Å². The molecule has 1 atom stereocenters. The van der Waals surface area contributed by atoms with Gasteiger partial charge >= 0.3 is 0 Å². The molecule has 4 nitrogen and oxygen atoms in total. The molecule has 13 heavy (non-hydrogen) atoms. The van der Waals surface area contributed by atoms with E-state index in [0.29, 0.717) is 12.5 Å². The minimum Gasteiger partial charge on any atom is -0.355 e. The maximum atomic E-state index is 10.8. The van der Waals surface area contributed by atoms with Crippen LogP contribution in [-0.2, 0) is 4.79 Å². The first-order valence-electron chi connectivity index (χ1n) is 4.76. The lowest BCUT2D eigenvalue weighted by Crippen LogP contribution is -2.51. The number of nitrogens with two attached hydrogens (primary N) is 1. The molecule has 1 aliphatic heterocycles. The van der Waals surface area contributed by atoms with Gasteiger partial charge in [0.1, 0.15) is 0 Å². The van der Waals surface area contributed by atoms with Gasteiger partial charge in [0.2, 0.25) is 5.91 Å². The SMILES string of the molecule is CC(C)(N)CNC1CCC(=O)NC1. The quantitative estimate of drug-likeness (QED) is 0.560. The van der Waals surface area contributed by atoms with E-state index in [1.807, 2.05) is 13.8 Å². The third-order valence-electron chi connectivity index (χ3n) is 2.11. The van der Waals surface area contributed by atoms with E-state index < -0.39 is 0 Å². The Morgan fingerprint density at radius 2 is 2.38 bits per heavy atom. The van der Waals surface area contributed by atoms with Gasteiger partial charge < -0.3 is 16.4 Å². The Morgan fingerprint density at radius 3 is 2.85 bits per heavy atom. The van der Waals surface area contributed by atoms with Crippen molar-refractivity contribution in [2.24, 2.45) is 5.73 Å². The van der Waals surface area contributed by atoms with Gasteiger partial charge in [0.05, 0.1) is 0 Å². The zero-order chi connectivity index (χ0) is 9.90. The van der Waals surface area contributed by atoms with Gasteiger partial charge in [-0.15, -0.1) is 0 Å². The Kier molecular flexibility index (Phi) is 3.27. The molecule has 4 N–H and O–H groups in total. The van der Waals surface area contributed by atoms with E-state index in [1.54, 1.807) is 0 Å². The molecule has 1 amide bonds. The van der Waals surface area contributed by atoms with Crippen molar-refractivity contribution in [1.29, 1.82) is 0 Å². The van der Waals surface area contributed by atoms with Crippen molar-refractivity contribution < 1.29 is 4.79 Å². The smallest absolute Gasteiger partial charge is 0.220 e. The Hall–Kier alpha value is -0.610. The minimum atomic E-state index is -0.179. The summed E-state index contributed by atoms with van der Waals surface area (Å²) in [5.41, 5.74) is 5.65. The van der Waals surface area contributed by atoms with Crippen LogP contribution in [0.15, 0.2) is 0 Å². The van der Waals surface area contributed by atoms with Crippen LogP contribution in [0, 0.1) is 0 Å². The molecule has 0 radical (unpaired) electrons. The fraction of sp³-hybridized carbons (Fsp3) is 0.889. The number of amides is 1. The average Bonchev–Trinajstić information content (AvgIpc) is 2.02. The highest BCUT2D eigenvalue weighted by molar-refractivity contribution is 5.76. The zero-order valence-corrected chi connectivity index (χ0v) is 8.39. The van der Waals surface area contributed by atoms with Crippen LogP contribution in [0.5, 0.6) is 0 Å². The van der Waals surface area contributed by atoms with E-state index in [1.165, 1.54) is 0 Å². The van der Waals surface area contributed by atoms with Gasteiger partial charge in [0.25, 0.3) is 0 Å². The van der Waals surface area contributed by atoms with Crippen molar-refractivity contribution in [1.82, 2.24) is 10.6 Å². The molecule has 0 saturated carbocycles. The van der Waals surface area contributed by atoms with Crippen LogP contribution in [0.25, 0.3) is 0 Å². The van der Waals surface area contributed by atoms with E-state index in [2.05, 4.69) is 10.6 Å². The van der Waals surface area contributed by atoms with Crippen LogP contribution in [0.3, 0.4) is 0 Å². The predicted molar refractivity (Wildman–Crippen MR) is 52.3 cm³/mol. The van der Waals surface area contributed by atoms with Gasteiger partial charge in [-0.1, -0.05) is 0 Å². The molecule has 1 saturated heterocycles. The summed E-state index contributed by atoms with van der Waals surface area (Å²) in [4.78, 5) is 10.8. The second-order valence-electron chi connectivity index (χ2n) is 4.41. The van der Waals surface area contributed by atoms with Crippen LogP contribution in [0.4, 0.5) is 0 Å². The van der Waals surface area contributed by atoms with Crippen LogP contribution >= 0.6 is 0 Å². The summed E-state index contributed by atoms with van der Waals surface area (Å²) >= 11 is 0. The molecule has 1 heterocycles. The molecule has 0 bridgehead atoms. The van der Waals surface area contributed by atoms with Crippen LogP contribution in [0.2, 0.25) is 0 Å². The molecule has 1 aliphatic rings. The fourth-order valence-corrected chi connectivity index (χ4v) is 1.31. The van der Waals surface area contributed by atoms with Crippen molar-refractivity contribution in [3.63, 3.8) is 0 Å². The maximum absolute atomic E-state index is 10.8. The molecule has 0 aliphatic carbocycles. The number of piperidine rings is 1. The third kappa shape index (κ3) is 4.24. The van der Waals surface area contributed by atoms with E-state index in [0.717, 1.165) is 19.5 Å². The molecular weight excluding hydrogens is 166 g/mol. The van der Waals surface area contributed by atoms with Crippen LogP contribution < -0.4 is 16.4 Å². The highest BCUT2D eigenvalue weighted by Crippen LogP contribution is 2.03. The Bertz CT molecular complexity index is 176. The summed E-state index contributed by atoms with van der Waals surface area (Å²) in [6, 6.07) is 0.389. The highest BCUT2D eigenvalue weighted by Gasteiger charge is 2.19. The summed E-state index contributed by atoms with van der Waals surface area (Å²) in [5.74, 6) is 0.157. The molecule has 1 unspecified atom stereocenters. The Morgan fingerprint density at radius 1 is 1.69 bits per heavy atom. The molecule has 0 aromatic heterocycles. The average molecular weight is 185 g/mol. The largest absolute Gasteiger partial charge is 0.355 e. The van der Waals surface area contributed by atoms with Crippen molar-refractivity contribution in [2.45, 2.75) is 38.3 Å². The minimum absolute atomic E-state index is 0.157. The van der Waals surface area contributed by atoms with Crippen molar-refractivity contribution in [2.75, 3.05) is 13.1 Å². The van der Waals surface area contributed by atoms with Gasteiger partial charge in [-0.2, -0.15) is 0 Å². The van der Waals surface area contributed by atoms with Gasteiger partial charge in [-0.3, -0.25) is 4.79 Å². The summed E-state index contributed by atoms with van der Waals surface area (Å²) in [7, 11) is 0. The topological polar surface area (TPSA) is 67.1 Å². The summed E-state index contributed by atoms with van der Waals surface area (Å²) in [6.45, 7) is 5.49. The second kappa shape index (κ2) is 4.07. The van der Waals surface area contributed by atoms with Gasteiger partial charge in [0.15, 0.2) is 0 Å². The van der Waals surface area contributed by atoms with Crippen molar-refractivity contribution in [3.05, 3.63) is 0 Å². The maximum Gasteiger partial charge on any atom is 0.220 e. The number of carbonyl (C=O) groups excluding carboxylic acids is 1. The number of hydrogen-bond acceptors (Lipinski definition) is 3. The van der Waals surface area contributed by atoms with E-state index in [9.17, 15) is 4.79 Å². The molecule has 76 valence electrons. The number of hydrogen-bond donors (Lipinski definition) is 3. The van der Waals surface area contributed by atoms with Crippen LogP contribution in [-0.4, -0.2) is 30.6 Å². The number of nitrogens with one attached hydrogen (secondary N) is 2. The Balaban J connectivity index is 2.20. The molecule has 1 rings (SSSR count). The summed E-state index contributed by atoms with van der Waals surface area (Å²) in [5, 5.41) is 6.17. The van der Waals surface area contributed by atoms with E-state index >= 15 is 0 Å². The van der Waals surface area contributed by atoms with E-state index in [-0.39, 0.29) is 11.4 Å². The van der Waals surface area contributed by atoms with Crippen molar-refractivity contribution >= 4 is 5.91 Å². The summed E-state index contributed by atoms with van der Waals surface area (Å²) in [6.07, 6.45) is 1.55. The molecular formula is C9H19N3O. The van der Waals surface area contributed by atoms with Crippen molar-refractivity contribution in [3.8, 4) is 0 Å². The van der Waals surface area contributed by atoms with Gasteiger partial charge in [-0.25, -0.2) is 0 Å². The summed E-state index contributed by atoms with van der Waals surface area (Å²) < 4.78 is 0. The fourth-order valence-electron chi connectivity index (χ4n) is 1.31. The molecule has 0 aromatic carbocycles. The first kappa shape index (κ1) is 10.5. The lowest BCUT2D eigenvalue weighted by atomic mass is 10.0. The highest BCUT2D eigenvalue weighted by atomic mass is 16.1. The lowest BCUT2D eigenvalue weighted by molar-refractivity contribution is -0.122. The zero-order valence-electron chi connectivity index (χ0n) is 8.39. The van der Waals surface area contributed by atoms with Crippen LogP contribution in [0.1, 0.15) is 26.7 Å². The normalized spacial score (nSPS) is 24.2. The molecule has 1 fully saturated rings. The number of carbonyl (C=O) groups is 1. The molecule has 0 aromatic rings. The second-order valence-corrected chi connectivity index (χ2v) is 4.41. The lowest BCUT2D eigenvalue weighted by Gasteiger charge is -2.27. The third-order valence-corrected chi connectivity index (χ3v) is 2.11. The van der Waals surface area contributed by atoms with Gasteiger partial charge in [0, 0.05) is 31.1 Å². The first-order chi connectivity index (χ1) is 5.97. The monoisotopic (exact) mass is 185 g/mol. The number of rotatable bonds is 3. The van der Waals surface area contributed by atoms with Gasteiger partial charge in [-0.05, 0) is 20.3 Å². The first-order valence-corrected chi connectivity index (χ1v) is 4.76. The predicted octanol–water partition coefficient (Wildman–Crippen LogP) is -0.408.